The second-order valence-electron chi connectivity index (χ2n) is 5.82. The Balaban J connectivity index is 1.89. The third-order valence-electron chi connectivity index (χ3n) is 3.87. The summed E-state index contributed by atoms with van der Waals surface area (Å²) in [6.07, 6.45) is 0.790. The molecular formula is C16H20FNO2. The predicted octanol–water partition coefficient (Wildman–Crippen LogP) is 2.44. The van der Waals surface area contributed by atoms with Crippen molar-refractivity contribution in [3.63, 3.8) is 0 Å². The van der Waals surface area contributed by atoms with Crippen molar-refractivity contribution < 1.29 is 14.0 Å². The van der Waals surface area contributed by atoms with Crippen LogP contribution in [-0.4, -0.2) is 29.7 Å². The summed E-state index contributed by atoms with van der Waals surface area (Å²) in [7, 11) is 0. The first kappa shape index (κ1) is 14.7. The van der Waals surface area contributed by atoms with Gasteiger partial charge in [-0.05, 0) is 29.5 Å². The van der Waals surface area contributed by atoms with Crippen LogP contribution >= 0.6 is 0 Å². The van der Waals surface area contributed by atoms with E-state index in [1.807, 2.05) is 0 Å². The van der Waals surface area contributed by atoms with E-state index in [1.165, 1.54) is 12.1 Å². The summed E-state index contributed by atoms with van der Waals surface area (Å²) in [5, 5.41) is 0. The van der Waals surface area contributed by atoms with Crippen molar-refractivity contribution in [3.05, 3.63) is 35.6 Å². The van der Waals surface area contributed by atoms with E-state index >= 15 is 0 Å². The van der Waals surface area contributed by atoms with Crippen molar-refractivity contribution >= 4 is 11.7 Å². The lowest BCUT2D eigenvalue weighted by atomic mass is 9.95. The van der Waals surface area contributed by atoms with E-state index in [0.717, 1.165) is 5.56 Å². The summed E-state index contributed by atoms with van der Waals surface area (Å²) >= 11 is 0. The fourth-order valence-electron chi connectivity index (χ4n) is 2.50. The molecule has 0 aliphatic carbocycles. The Labute approximate surface area is 118 Å². The van der Waals surface area contributed by atoms with Gasteiger partial charge in [-0.2, -0.15) is 0 Å². The standard InChI is InChI=1S/C16H20FNO2/c1-11(2)13-8-16(20)18(9-13)10-15(19)7-12-3-5-14(17)6-4-12/h3-6,11,13H,7-10H2,1-2H3. The minimum atomic E-state index is -0.310. The molecule has 4 heteroatoms. The molecule has 0 radical (unpaired) electrons. The van der Waals surface area contributed by atoms with Crippen molar-refractivity contribution in [2.24, 2.45) is 11.8 Å². The number of Topliss-reactive ketones (excluding diaryl/α,β-unsaturated/α-hetero) is 1. The molecule has 2 rings (SSSR count). The van der Waals surface area contributed by atoms with Crippen LogP contribution in [-0.2, 0) is 16.0 Å². The molecule has 0 aromatic heterocycles. The molecule has 1 amide bonds. The first-order chi connectivity index (χ1) is 9.45. The summed E-state index contributed by atoms with van der Waals surface area (Å²) in [5.41, 5.74) is 0.781. The molecule has 1 aliphatic heterocycles. The average molecular weight is 277 g/mol. The number of nitrogens with zero attached hydrogens (tertiary/aromatic N) is 1. The fraction of sp³-hybridized carbons (Fsp3) is 0.500. The molecule has 0 N–H and O–H groups in total. The van der Waals surface area contributed by atoms with Gasteiger partial charge in [0, 0.05) is 19.4 Å². The van der Waals surface area contributed by atoms with Gasteiger partial charge < -0.3 is 4.90 Å². The molecule has 1 atom stereocenters. The number of likely N-dealkylation sites (tertiary alicyclic amines) is 1. The highest BCUT2D eigenvalue weighted by molar-refractivity contribution is 5.88. The molecule has 1 aromatic rings. The number of hydrogen-bond acceptors (Lipinski definition) is 2. The van der Waals surface area contributed by atoms with E-state index in [0.29, 0.717) is 24.8 Å². The lowest BCUT2D eigenvalue weighted by Gasteiger charge is -2.17. The maximum atomic E-state index is 12.8. The van der Waals surface area contributed by atoms with E-state index in [2.05, 4.69) is 13.8 Å². The molecule has 1 fully saturated rings. The Kier molecular flexibility index (Phi) is 4.53. The molecule has 0 saturated carbocycles. The monoisotopic (exact) mass is 277 g/mol. The summed E-state index contributed by atoms with van der Waals surface area (Å²) in [6, 6.07) is 5.91. The number of halogens is 1. The predicted molar refractivity (Wildman–Crippen MR) is 74.6 cm³/mol. The van der Waals surface area contributed by atoms with Crippen molar-refractivity contribution in [3.8, 4) is 0 Å². The number of carbonyl (C=O) groups is 2. The lowest BCUT2D eigenvalue weighted by molar-refractivity contribution is -0.132. The lowest BCUT2D eigenvalue weighted by Crippen LogP contribution is -2.32. The summed E-state index contributed by atoms with van der Waals surface area (Å²) < 4.78 is 12.8. The van der Waals surface area contributed by atoms with Crippen molar-refractivity contribution in [2.75, 3.05) is 13.1 Å². The maximum Gasteiger partial charge on any atom is 0.223 e. The average Bonchev–Trinajstić information content (AvgIpc) is 2.74. The highest BCUT2D eigenvalue weighted by Gasteiger charge is 2.32. The number of amides is 1. The van der Waals surface area contributed by atoms with Gasteiger partial charge in [-0.1, -0.05) is 26.0 Å². The Hall–Kier alpha value is -1.71. The van der Waals surface area contributed by atoms with Gasteiger partial charge in [0.2, 0.25) is 5.91 Å². The third kappa shape index (κ3) is 3.65. The SMILES string of the molecule is CC(C)C1CC(=O)N(CC(=O)Cc2ccc(F)cc2)C1. The van der Waals surface area contributed by atoms with Gasteiger partial charge in [0.1, 0.15) is 5.82 Å². The Morgan fingerprint density at radius 3 is 2.55 bits per heavy atom. The number of rotatable bonds is 5. The van der Waals surface area contributed by atoms with Crippen LogP contribution in [0.5, 0.6) is 0 Å². The molecule has 108 valence electrons. The van der Waals surface area contributed by atoms with Gasteiger partial charge in [0.05, 0.1) is 6.54 Å². The summed E-state index contributed by atoms with van der Waals surface area (Å²) in [6.45, 7) is 5.04. The van der Waals surface area contributed by atoms with E-state index in [4.69, 9.17) is 0 Å². The minimum absolute atomic E-state index is 0.00522. The third-order valence-corrected chi connectivity index (χ3v) is 3.87. The topological polar surface area (TPSA) is 37.4 Å². The van der Waals surface area contributed by atoms with E-state index in [1.54, 1.807) is 17.0 Å². The largest absolute Gasteiger partial charge is 0.335 e. The van der Waals surface area contributed by atoms with Crippen LogP contribution < -0.4 is 0 Å². The zero-order valence-electron chi connectivity index (χ0n) is 11.9. The first-order valence-electron chi connectivity index (χ1n) is 6.99. The molecule has 20 heavy (non-hydrogen) atoms. The maximum absolute atomic E-state index is 12.8. The second-order valence-corrected chi connectivity index (χ2v) is 5.82. The van der Waals surface area contributed by atoms with Gasteiger partial charge in [-0.25, -0.2) is 4.39 Å². The first-order valence-corrected chi connectivity index (χ1v) is 6.99. The molecule has 1 unspecified atom stereocenters. The van der Waals surface area contributed by atoms with Crippen LogP contribution in [0.1, 0.15) is 25.8 Å². The Morgan fingerprint density at radius 2 is 2.00 bits per heavy atom. The normalized spacial score (nSPS) is 18.9. The number of ketones is 1. The van der Waals surface area contributed by atoms with Crippen LogP contribution in [0.3, 0.4) is 0 Å². The number of hydrogen-bond donors (Lipinski definition) is 0. The molecule has 0 spiro atoms. The quantitative estimate of drug-likeness (QED) is 0.829. The van der Waals surface area contributed by atoms with Gasteiger partial charge in [-0.15, -0.1) is 0 Å². The number of carbonyl (C=O) groups excluding carboxylic acids is 2. The highest BCUT2D eigenvalue weighted by Crippen LogP contribution is 2.24. The van der Waals surface area contributed by atoms with Crippen molar-refractivity contribution in [2.45, 2.75) is 26.7 Å². The Bertz CT molecular complexity index is 496. The molecule has 0 bridgehead atoms. The summed E-state index contributed by atoms with van der Waals surface area (Å²) in [5.74, 6) is 0.554. The molecule has 1 saturated heterocycles. The zero-order valence-corrected chi connectivity index (χ0v) is 11.9. The number of benzene rings is 1. The highest BCUT2D eigenvalue weighted by atomic mass is 19.1. The van der Waals surface area contributed by atoms with Gasteiger partial charge >= 0.3 is 0 Å². The van der Waals surface area contributed by atoms with Crippen molar-refractivity contribution in [1.82, 2.24) is 4.90 Å². The van der Waals surface area contributed by atoms with Crippen LogP contribution in [0, 0.1) is 17.7 Å². The van der Waals surface area contributed by atoms with E-state index in [-0.39, 0.29) is 30.5 Å². The van der Waals surface area contributed by atoms with E-state index in [9.17, 15) is 14.0 Å². The van der Waals surface area contributed by atoms with Crippen LogP contribution in [0.15, 0.2) is 24.3 Å². The van der Waals surface area contributed by atoms with Gasteiger partial charge in [-0.3, -0.25) is 9.59 Å². The van der Waals surface area contributed by atoms with Gasteiger partial charge in [0.15, 0.2) is 5.78 Å². The molecule has 1 aliphatic rings. The zero-order chi connectivity index (χ0) is 14.7. The Morgan fingerprint density at radius 1 is 1.35 bits per heavy atom. The smallest absolute Gasteiger partial charge is 0.223 e. The van der Waals surface area contributed by atoms with Crippen molar-refractivity contribution in [1.29, 1.82) is 0 Å². The molecule has 1 aromatic carbocycles. The second kappa shape index (κ2) is 6.16. The van der Waals surface area contributed by atoms with Gasteiger partial charge in [0.25, 0.3) is 0 Å². The summed E-state index contributed by atoms with van der Waals surface area (Å²) in [4.78, 5) is 25.5. The molecular weight excluding hydrogens is 257 g/mol. The van der Waals surface area contributed by atoms with E-state index < -0.39 is 0 Å². The molecule has 3 nitrogen and oxygen atoms in total. The van der Waals surface area contributed by atoms with Crippen LogP contribution in [0.4, 0.5) is 4.39 Å². The minimum Gasteiger partial charge on any atom is -0.335 e. The van der Waals surface area contributed by atoms with Crippen LogP contribution in [0.2, 0.25) is 0 Å². The fourth-order valence-corrected chi connectivity index (χ4v) is 2.50. The molecule has 1 heterocycles. The van der Waals surface area contributed by atoms with Crippen LogP contribution in [0.25, 0.3) is 0 Å².